The molecule has 0 spiro atoms. The molecule has 1 unspecified atom stereocenters. The molecule has 8 rings (SSSR count). The van der Waals surface area contributed by atoms with Gasteiger partial charge >= 0.3 is 0 Å². The Morgan fingerprint density at radius 2 is 1.14 bits per heavy atom. The molecule has 6 aromatic carbocycles. The maximum absolute atomic E-state index is 12.5. The number of hydrogen-bond donors (Lipinski definition) is 6. The van der Waals surface area contributed by atoms with Crippen LogP contribution in [0.3, 0.4) is 0 Å². The van der Waals surface area contributed by atoms with Gasteiger partial charge in [0.15, 0.2) is 0 Å². The molecule has 0 aliphatic carbocycles. The number of rotatable bonds is 6. The second kappa shape index (κ2) is 13.8. The summed E-state index contributed by atoms with van der Waals surface area (Å²) in [6.45, 7) is 11.9. The summed E-state index contributed by atoms with van der Waals surface area (Å²) in [6, 6.07) is 14.0. The number of nitrogens with one attached hydrogen (secondary N) is 1. The lowest BCUT2D eigenvalue weighted by molar-refractivity contribution is 0.402. The van der Waals surface area contributed by atoms with Crippen LogP contribution in [0.15, 0.2) is 53.5 Å². The van der Waals surface area contributed by atoms with Crippen LogP contribution in [0, 0.1) is 13.8 Å². The minimum absolute atomic E-state index is 0.0102. The highest BCUT2D eigenvalue weighted by Gasteiger charge is 2.33. The SMILES string of the molecule is COc1c2c(cc(O)c1-c1cc(-c3cc(-c4c(O)cc(O)c5c4C[C@@H](C)N[C@@H]5C)c4cc(C)cc(OC)c4c3O)c(O)c3c(OC)cc(C)cc13)CC(C)N=C2C. The summed E-state index contributed by atoms with van der Waals surface area (Å²) in [4.78, 5) is 4.84. The molecular formula is C47H48N2O8. The molecular weight excluding hydrogens is 721 g/mol. The summed E-state index contributed by atoms with van der Waals surface area (Å²) in [5.74, 6) is 0.758. The van der Waals surface area contributed by atoms with Gasteiger partial charge in [0, 0.05) is 51.7 Å². The van der Waals surface area contributed by atoms with Crippen LogP contribution < -0.4 is 19.5 Å². The highest BCUT2D eigenvalue weighted by molar-refractivity contribution is 6.15. The number of benzene rings is 6. The average molecular weight is 769 g/mol. The molecule has 294 valence electrons. The lowest BCUT2D eigenvalue weighted by atomic mass is 9.81. The Kier molecular flexibility index (Phi) is 9.15. The largest absolute Gasteiger partial charge is 0.507 e. The van der Waals surface area contributed by atoms with Crippen LogP contribution in [-0.2, 0) is 12.8 Å². The number of methoxy groups -OCH3 is 3. The van der Waals surface area contributed by atoms with E-state index in [4.69, 9.17) is 19.2 Å². The van der Waals surface area contributed by atoms with Crippen molar-refractivity contribution in [2.45, 2.75) is 72.5 Å². The molecule has 10 heteroatoms. The minimum Gasteiger partial charge on any atom is -0.507 e. The lowest BCUT2D eigenvalue weighted by Gasteiger charge is -2.32. The van der Waals surface area contributed by atoms with Gasteiger partial charge in [-0.1, -0.05) is 12.1 Å². The first-order valence-electron chi connectivity index (χ1n) is 19.2. The lowest BCUT2D eigenvalue weighted by Crippen LogP contribution is -2.36. The number of aromatic hydroxyl groups is 5. The Morgan fingerprint density at radius 1 is 0.596 bits per heavy atom. The number of phenolic OH excluding ortho intramolecular Hbond substituents is 5. The van der Waals surface area contributed by atoms with Crippen LogP contribution in [0.5, 0.6) is 46.0 Å². The second-order valence-corrected chi connectivity index (χ2v) is 15.7. The number of aliphatic imine (C=N–C) groups is 1. The van der Waals surface area contributed by atoms with Crippen molar-refractivity contribution in [3.8, 4) is 79.4 Å². The Hall–Kier alpha value is -6.13. The van der Waals surface area contributed by atoms with Crippen LogP contribution in [0.2, 0.25) is 0 Å². The zero-order valence-electron chi connectivity index (χ0n) is 33.7. The van der Waals surface area contributed by atoms with E-state index in [9.17, 15) is 25.5 Å². The number of phenols is 5. The molecule has 0 saturated heterocycles. The molecule has 10 nitrogen and oxygen atoms in total. The zero-order chi connectivity index (χ0) is 40.8. The number of aryl methyl sites for hydroxylation is 2. The Labute approximate surface area is 331 Å². The first kappa shape index (κ1) is 37.8. The number of hydrogen-bond acceptors (Lipinski definition) is 10. The Morgan fingerprint density at radius 3 is 1.68 bits per heavy atom. The molecule has 57 heavy (non-hydrogen) atoms. The van der Waals surface area contributed by atoms with Gasteiger partial charge in [0.25, 0.3) is 0 Å². The van der Waals surface area contributed by atoms with Crippen LogP contribution >= 0.6 is 0 Å². The molecule has 0 bridgehead atoms. The predicted molar refractivity (Wildman–Crippen MR) is 225 cm³/mol. The third kappa shape index (κ3) is 5.84. The van der Waals surface area contributed by atoms with Crippen LogP contribution in [0.4, 0.5) is 0 Å². The predicted octanol–water partition coefficient (Wildman–Crippen LogP) is 9.51. The van der Waals surface area contributed by atoms with Crippen molar-refractivity contribution in [1.82, 2.24) is 5.32 Å². The number of fused-ring (bicyclic) bond motifs is 4. The highest BCUT2D eigenvalue weighted by atomic mass is 16.5. The van der Waals surface area contributed by atoms with E-state index in [1.165, 1.54) is 20.3 Å². The Balaban J connectivity index is 1.55. The van der Waals surface area contributed by atoms with Crippen LogP contribution in [0.25, 0.3) is 54.9 Å². The molecule has 0 radical (unpaired) electrons. The van der Waals surface area contributed by atoms with Gasteiger partial charge in [-0.05, 0) is 129 Å². The molecule has 6 aromatic rings. The summed E-state index contributed by atoms with van der Waals surface area (Å²) in [5.41, 5.74) is 8.16. The maximum atomic E-state index is 12.5. The summed E-state index contributed by atoms with van der Waals surface area (Å²) in [7, 11) is 4.63. The van der Waals surface area contributed by atoms with E-state index in [0.29, 0.717) is 79.5 Å². The Bertz CT molecular complexity index is 2720. The molecule has 2 aliphatic rings. The third-order valence-electron chi connectivity index (χ3n) is 11.7. The van der Waals surface area contributed by atoms with E-state index in [1.807, 2.05) is 58.9 Å². The van der Waals surface area contributed by atoms with Gasteiger partial charge in [0.2, 0.25) is 0 Å². The molecule has 3 atom stereocenters. The molecule has 0 amide bonds. The van der Waals surface area contributed by atoms with Crippen LogP contribution in [-0.4, -0.2) is 64.7 Å². The van der Waals surface area contributed by atoms with E-state index in [-0.39, 0.29) is 58.0 Å². The number of nitrogens with zero attached hydrogens (tertiary/aromatic N) is 1. The molecule has 2 heterocycles. The van der Waals surface area contributed by atoms with Crippen molar-refractivity contribution in [3.63, 3.8) is 0 Å². The minimum atomic E-state index is -0.207. The fourth-order valence-electron chi connectivity index (χ4n) is 9.49. The van der Waals surface area contributed by atoms with Crippen molar-refractivity contribution >= 4 is 27.3 Å². The summed E-state index contributed by atoms with van der Waals surface area (Å²) < 4.78 is 18.0. The quantitative estimate of drug-likeness (QED) is 0.0973. The fourth-order valence-corrected chi connectivity index (χ4v) is 9.49. The van der Waals surface area contributed by atoms with Gasteiger partial charge in [-0.15, -0.1) is 0 Å². The van der Waals surface area contributed by atoms with Crippen molar-refractivity contribution in [2.24, 2.45) is 4.99 Å². The highest BCUT2D eigenvalue weighted by Crippen LogP contribution is 2.56. The maximum Gasteiger partial charge on any atom is 0.139 e. The van der Waals surface area contributed by atoms with Crippen LogP contribution in [0.1, 0.15) is 67.1 Å². The normalized spacial score (nSPS) is 17.6. The molecule has 0 aromatic heterocycles. The van der Waals surface area contributed by atoms with Gasteiger partial charge in [0.05, 0.1) is 43.7 Å². The fraction of sp³-hybridized carbons (Fsp3) is 0.298. The van der Waals surface area contributed by atoms with E-state index < -0.39 is 0 Å². The smallest absolute Gasteiger partial charge is 0.139 e. The van der Waals surface area contributed by atoms with Crippen molar-refractivity contribution in [1.29, 1.82) is 0 Å². The second-order valence-electron chi connectivity index (χ2n) is 15.7. The average Bonchev–Trinajstić information content (AvgIpc) is 3.14. The van der Waals surface area contributed by atoms with E-state index in [0.717, 1.165) is 33.5 Å². The van der Waals surface area contributed by atoms with E-state index in [2.05, 4.69) is 12.2 Å². The van der Waals surface area contributed by atoms with E-state index in [1.54, 1.807) is 25.3 Å². The van der Waals surface area contributed by atoms with E-state index >= 15 is 0 Å². The molecule has 0 saturated carbocycles. The monoisotopic (exact) mass is 768 g/mol. The molecule has 0 fully saturated rings. The summed E-state index contributed by atoms with van der Waals surface area (Å²) in [6.07, 6.45) is 1.14. The third-order valence-corrected chi connectivity index (χ3v) is 11.7. The van der Waals surface area contributed by atoms with Crippen molar-refractivity contribution in [3.05, 3.63) is 81.9 Å². The van der Waals surface area contributed by atoms with Crippen molar-refractivity contribution < 1.29 is 39.7 Å². The van der Waals surface area contributed by atoms with Gasteiger partial charge in [-0.2, -0.15) is 0 Å². The van der Waals surface area contributed by atoms with Gasteiger partial charge < -0.3 is 45.1 Å². The topological polar surface area (TPSA) is 153 Å². The summed E-state index contributed by atoms with van der Waals surface area (Å²) >= 11 is 0. The van der Waals surface area contributed by atoms with Gasteiger partial charge in [-0.3, -0.25) is 4.99 Å². The summed E-state index contributed by atoms with van der Waals surface area (Å²) in [5, 5.41) is 65.3. The molecule has 2 aliphatic heterocycles. The van der Waals surface area contributed by atoms with Gasteiger partial charge in [-0.25, -0.2) is 0 Å². The van der Waals surface area contributed by atoms with Crippen molar-refractivity contribution in [2.75, 3.05) is 21.3 Å². The zero-order valence-corrected chi connectivity index (χ0v) is 33.7. The molecule has 6 N–H and O–H groups in total. The first-order chi connectivity index (χ1) is 27.2. The standard InChI is InChI=1S/C47H48N2O8/c1-20-10-27-29(41-33-15-23(4)49-25(6)40(33)35(51)19-36(41)52)17-31(45(53)43(27)37(12-20)55-7)32-18-30(28-11-21(2)13-38(56-8)44(28)46(32)54)42-34(50)16-26-14-22(3)48-24(5)39(26)47(42)57-9/h10-13,16-19,22-23,25,49-54H,14-15H2,1-9H3/t22?,23-,25-/m1/s1. The first-order valence-corrected chi connectivity index (χ1v) is 19.2. The van der Waals surface area contributed by atoms with Gasteiger partial charge in [0.1, 0.15) is 46.0 Å². The number of ether oxygens (including phenoxy) is 3.